The van der Waals surface area contributed by atoms with Gasteiger partial charge in [-0.3, -0.25) is 9.69 Å². The largest absolute Gasteiger partial charge is 0.392 e. The van der Waals surface area contributed by atoms with E-state index in [-0.39, 0.29) is 24.3 Å². The van der Waals surface area contributed by atoms with E-state index in [9.17, 15) is 9.18 Å². The third-order valence-corrected chi connectivity index (χ3v) is 2.94. The quantitative estimate of drug-likeness (QED) is 0.793. The number of rotatable bonds is 5. The van der Waals surface area contributed by atoms with Crippen molar-refractivity contribution in [2.45, 2.75) is 13.0 Å². The van der Waals surface area contributed by atoms with Gasteiger partial charge < -0.3 is 11.1 Å². The fourth-order valence-electron chi connectivity index (χ4n) is 1.31. The second kappa shape index (κ2) is 6.42. The van der Waals surface area contributed by atoms with Crippen molar-refractivity contribution in [1.29, 1.82) is 0 Å². The Kier molecular flexibility index (Phi) is 5.18. The molecule has 1 aromatic rings. The fourth-order valence-corrected chi connectivity index (χ4v) is 1.49. The first-order valence-electron chi connectivity index (χ1n) is 5.45. The number of thiocarbonyl (C=S) groups is 1. The molecule has 1 rings (SSSR count). The van der Waals surface area contributed by atoms with E-state index in [4.69, 9.17) is 18.0 Å². The topological polar surface area (TPSA) is 58.4 Å². The predicted molar refractivity (Wildman–Crippen MR) is 73.9 cm³/mol. The SMILES string of the molecule is CC(C(N)=S)N(C)CC(=O)Nc1ccc(F)cc1. The second-order valence-corrected chi connectivity index (χ2v) is 4.52. The summed E-state index contributed by atoms with van der Waals surface area (Å²) in [6.07, 6.45) is 0. The molecule has 1 unspecified atom stereocenters. The molecule has 98 valence electrons. The van der Waals surface area contributed by atoms with E-state index < -0.39 is 0 Å². The first-order valence-corrected chi connectivity index (χ1v) is 5.86. The van der Waals surface area contributed by atoms with Crippen molar-refractivity contribution in [1.82, 2.24) is 4.90 Å². The van der Waals surface area contributed by atoms with Crippen LogP contribution in [0.25, 0.3) is 0 Å². The van der Waals surface area contributed by atoms with Crippen LogP contribution in [0.4, 0.5) is 10.1 Å². The third kappa shape index (κ3) is 4.38. The first-order chi connectivity index (χ1) is 8.40. The molecule has 18 heavy (non-hydrogen) atoms. The van der Waals surface area contributed by atoms with Crippen LogP contribution in [-0.4, -0.2) is 35.4 Å². The number of likely N-dealkylation sites (N-methyl/N-ethyl adjacent to an activating group) is 1. The molecule has 0 saturated carbocycles. The number of anilines is 1. The van der Waals surface area contributed by atoms with Crippen molar-refractivity contribution in [3.05, 3.63) is 30.1 Å². The number of benzene rings is 1. The standard InChI is InChI=1S/C12H16FN3OS/c1-8(12(14)18)16(2)7-11(17)15-10-5-3-9(13)4-6-10/h3-6,8H,7H2,1-2H3,(H2,14,18)(H,15,17). The smallest absolute Gasteiger partial charge is 0.238 e. The Morgan fingerprint density at radius 3 is 2.56 bits per heavy atom. The van der Waals surface area contributed by atoms with Crippen molar-refractivity contribution >= 4 is 28.8 Å². The summed E-state index contributed by atoms with van der Waals surface area (Å²) in [4.78, 5) is 13.8. The second-order valence-electron chi connectivity index (χ2n) is 4.05. The molecule has 1 atom stereocenters. The van der Waals surface area contributed by atoms with Gasteiger partial charge in [-0.25, -0.2) is 4.39 Å². The normalized spacial score (nSPS) is 12.2. The van der Waals surface area contributed by atoms with Crippen LogP contribution >= 0.6 is 12.2 Å². The highest BCUT2D eigenvalue weighted by Gasteiger charge is 2.15. The summed E-state index contributed by atoms with van der Waals surface area (Å²) in [5.41, 5.74) is 6.05. The van der Waals surface area contributed by atoms with E-state index in [1.54, 1.807) is 11.9 Å². The molecule has 0 aromatic heterocycles. The van der Waals surface area contributed by atoms with E-state index in [1.165, 1.54) is 24.3 Å². The Balaban J connectivity index is 2.51. The number of nitrogens with one attached hydrogen (secondary N) is 1. The van der Waals surface area contributed by atoms with Crippen molar-refractivity contribution in [2.24, 2.45) is 5.73 Å². The van der Waals surface area contributed by atoms with Gasteiger partial charge in [0.25, 0.3) is 0 Å². The lowest BCUT2D eigenvalue weighted by Gasteiger charge is -2.22. The molecular weight excluding hydrogens is 253 g/mol. The van der Waals surface area contributed by atoms with E-state index in [0.29, 0.717) is 10.7 Å². The number of hydrogen-bond donors (Lipinski definition) is 2. The van der Waals surface area contributed by atoms with Crippen LogP contribution < -0.4 is 11.1 Å². The van der Waals surface area contributed by atoms with Gasteiger partial charge in [-0.1, -0.05) is 12.2 Å². The summed E-state index contributed by atoms with van der Waals surface area (Å²) in [5, 5.41) is 2.66. The van der Waals surface area contributed by atoms with Gasteiger partial charge >= 0.3 is 0 Å². The number of halogens is 1. The predicted octanol–water partition coefficient (Wildman–Crippen LogP) is 1.37. The maximum absolute atomic E-state index is 12.7. The molecule has 0 saturated heterocycles. The molecule has 3 N–H and O–H groups in total. The Morgan fingerprint density at radius 1 is 1.50 bits per heavy atom. The van der Waals surface area contributed by atoms with Gasteiger partial charge in [0, 0.05) is 5.69 Å². The molecule has 1 aromatic carbocycles. The van der Waals surface area contributed by atoms with Gasteiger partial charge in [0.15, 0.2) is 0 Å². The molecule has 0 fully saturated rings. The molecule has 0 radical (unpaired) electrons. The molecule has 0 aliphatic carbocycles. The lowest BCUT2D eigenvalue weighted by molar-refractivity contribution is -0.117. The molecule has 4 nitrogen and oxygen atoms in total. The van der Waals surface area contributed by atoms with Gasteiger partial charge in [-0.05, 0) is 38.2 Å². The highest BCUT2D eigenvalue weighted by Crippen LogP contribution is 2.08. The molecule has 0 aliphatic heterocycles. The molecule has 1 amide bonds. The van der Waals surface area contributed by atoms with Crippen LogP contribution in [0.5, 0.6) is 0 Å². The van der Waals surface area contributed by atoms with Crippen LogP contribution in [0.2, 0.25) is 0 Å². The van der Waals surface area contributed by atoms with Gasteiger partial charge in [-0.2, -0.15) is 0 Å². The minimum Gasteiger partial charge on any atom is -0.392 e. The van der Waals surface area contributed by atoms with Crippen LogP contribution in [0, 0.1) is 5.82 Å². The summed E-state index contributed by atoms with van der Waals surface area (Å²) in [6, 6.07) is 5.43. The van der Waals surface area contributed by atoms with E-state index in [2.05, 4.69) is 5.32 Å². The van der Waals surface area contributed by atoms with Gasteiger partial charge in [0.05, 0.1) is 17.6 Å². The third-order valence-electron chi connectivity index (χ3n) is 2.59. The highest BCUT2D eigenvalue weighted by atomic mass is 32.1. The molecule has 0 bridgehead atoms. The van der Waals surface area contributed by atoms with Crippen molar-refractivity contribution in [3.8, 4) is 0 Å². The van der Waals surface area contributed by atoms with Crippen molar-refractivity contribution in [2.75, 3.05) is 18.9 Å². The Morgan fingerprint density at radius 2 is 2.06 bits per heavy atom. The molecule has 0 spiro atoms. The van der Waals surface area contributed by atoms with E-state index in [0.717, 1.165) is 0 Å². The van der Waals surface area contributed by atoms with Crippen molar-refractivity contribution in [3.63, 3.8) is 0 Å². The average Bonchev–Trinajstić information content (AvgIpc) is 2.30. The number of carbonyl (C=O) groups excluding carboxylic acids is 1. The zero-order valence-corrected chi connectivity index (χ0v) is 11.1. The molecule has 0 aliphatic rings. The van der Waals surface area contributed by atoms with Crippen LogP contribution in [0.1, 0.15) is 6.92 Å². The summed E-state index contributed by atoms with van der Waals surface area (Å²) in [6.45, 7) is 1.99. The summed E-state index contributed by atoms with van der Waals surface area (Å²) in [7, 11) is 1.76. The minimum absolute atomic E-state index is 0.154. The maximum Gasteiger partial charge on any atom is 0.238 e. The number of nitrogens with zero attached hydrogens (tertiary/aromatic N) is 1. The Hall–Kier alpha value is -1.53. The van der Waals surface area contributed by atoms with Crippen LogP contribution in [0.15, 0.2) is 24.3 Å². The zero-order chi connectivity index (χ0) is 13.7. The number of nitrogens with two attached hydrogens (primary N) is 1. The monoisotopic (exact) mass is 269 g/mol. The van der Waals surface area contributed by atoms with Crippen LogP contribution in [0.3, 0.4) is 0 Å². The highest BCUT2D eigenvalue weighted by molar-refractivity contribution is 7.80. The Bertz CT molecular complexity index is 435. The number of carbonyl (C=O) groups is 1. The average molecular weight is 269 g/mol. The summed E-state index contributed by atoms with van der Waals surface area (Å²) in [5.74, 6) is -0.542. The lowest BCUT2D eigenvalue weighted by Crippen LogP contribution is -2.43. The molecule has 6 heteroatoms. The van der Waals surface area contributed by atoms with Gasteiger partial charge in [-0.15, -0.1) is 0 Å². The van der Waals surface area contributed by atoms with Gasteiger partial charge in [0.1, 0.15) is 5.82 Å². The zero-order valence-electron chi connectivity index (χ0n) is 10.3. The van der Waals surface area contributed by atoms with E-state index in [1.807, 2.05) is 6.92 Å². The summed E-state index contributed by atoms with van der Waals surface area (Å²) >= 11 is 4.85. The minimum atomic E-state index is -0.341. The molecular formula is C12H16FN3OS. The number of amides is 1. The fraction of sp³-hybridized carbons (Fsp3) is 0.333. The Labute approximate surface area is 111 Å². The van der Waals surface area contributed by atoms with E-state index >= 15 is 0 Å². The first kappa shape index (κ1) is 14.5. The molecule has 0 heterocycles. The van der Waals surface area contributed by atoms with Crippen LogP contribution in [-0.2, 0) is 4.79 Å². The lowest BCUT2D eigenvalue weighted by atomic mass is 10.3. The maximum atomic E-state index is 12.7. The number of hydrogen-bond acceptors (Lipinski definition) is 3. The van der Waals surface area contributed by atoms with Gasteiger partial charge in [0.2, 0.25) is 5.91 Å². The summed E-state index contributed by atoms with van der Waals surface area (Å²) < 4.78 is 12.7. The van der Waals surface area contributed by atoms with Crippen molar-refractivity contribution < 1.29 is 9.18 Å².